The molecular weight excluding hydrogens is 202 g/mol. The minimum atomic E-state index is 0.355. The summed E-state index contributed by atoms with van der Waals surface area (Å²) in [5.41, 5.74) is 5.71. The number of hydrogen-bond donors (Lipinski definition) is 2. The number of nitrogens with two attached hydrogens (primary N) is 2. The molecule has 1 fully saturated rings. The van der Waals surface area contributed by atoms with Gasteiger partial charge in [-0.2, -0.15) is 0 Å². The van der Waals surface area contributed by atoms with Crippen LogP contribution in [0.1, 0.15) is 25.7 Å². The van der Waals surface area contributed by atoms with Gasteiger partial charge in [0.1, 0.15) is 0 Å². The molecule has 16 heavy (non-hydrogen) atoms. The maximum absolute atomic E-state index is 5.71. The Labute approximate surface area is 98.7 Å². The molecule has 0 aliphatic heterocycles. The van der Waals surface area contributed by atoms with Crippen molar-refractivity contribution in [2.24, 2.45) is 16.6 Å². The van der Waals surface area contributed by atoms with Gasteiger partial charge in [0.05, 0.1) is 33.2 Å². The molecule has 0 aromatic rings. The number of rotatable bonds is 2. The topological polar surface area (TPSA) is 67.6 Å². The van der Waals surface area contributed by atoms with E-state index in [0.29, 0.717) is 12.0 Å². The van der Waals surface area contributed by atoms with E-state index in [0.717, 1.165) is 23.4 Å². The van der Waals surface area contributed by atoms with Gasteiger partial charge < -0.3 is 10.2 Å². The van der Waals surface area contributed by atoms with Crippen LogP contribution in [-0.2, 0) is 0 Å². The number of guanidine groups is 1. The van der Waals surface area contributed by atoms with E-state index >= 15 is 0 Å². The Kier molecular flexibility index (Phi) is 4.15. The molecule has 0 atom stereocenters. The van der Waals surface area contributed by atoms with Crippen molar-refractivity contribution in [3.63, 3.8) is 0 Å². The van der Waals surface area contributed by atoms with Crippen LogP contribution in [0, 0.1) is 0 Å². The Bertz CT molecular complexity index is 246. The molecule has 0 aromatic carbocycles. The van der Waals surface area contributed by atoms with Crippen LogP contribution in [-0.4, -0.2) is 55.7 Å². The maximum atomic E-state index is 5.71. The van der Waals surface area contributed by atoms with Crippen LogP contribution < -0.4 is 11.6 Å². The molecular formula is C11H26N5+. The van der Waals surface area contributed by atoms with Crippen LogP contribution >= 0.6 is 0 Å². The summed E-state index contributed by atoms with van der Waals surface area (Å²) in [6.07, 6.45) is 4.68. The highest BCUT2D eigenvalue weighted by atomic mass is 15.4. The third-order valence-corrected chi connectivity index (χ3v) is 3.44. The number of hydrazine groups is 1. The highest BCUT2D eigenvalue weighted by molar-refractivity contribution is 5.77. The number of quaternary nitrogens is 1. The highest BCUT2D eigenvalue weighted by Gasteiger charge is 2.29. The van der Waals surface area contributed by atoms with Crippen molar-refractivity contribution in [1.29, 1.82) is 0 Å². The zero-order chi connectivity index (χ0) is 12.3. The summed E-state index contributed by atoms with van der Waals surface area (Å²) in [6.45, 7) is 0. The van der Waals surface area contributed by atoms with Crippen molar-refractivity contribution in [3.8, 4) is 0 Å². The van der Waals surface area contributed by atoms with E-state index in [1.165, 1.54) is 17.9 Å². The van der Waals surface area contributed by atoms with Gasteiger partial charge in [0.2, 0.25) is 5.96 Å². The van der Waals surface area contributed by atoms with Crippen LogP contribution in [0.25, 0.3) is 0 Å². The number of nitrogens with zero attached hydrogens (tertiary/aromatic N) is 3. The van der Waals surface area contributed by atoms with Crippen LogP contribution in [0.3, 0.4) is 0 Å². The van der Waals surface area contributed by atoms with E-state index in [1.807, 2.05) is 0 Å². The third-order valence-electron chi connectivity index (χ3n) is 3.44. The second-order valence-electron chi connectivity index (χ2n) is 5.68. The zero-order valence-corrected chi connectivity index (χ0v) is 11.0. The smallest absolute Gasteiger partial charge is 0.205 e. The average Bonchev–Trinajstić information content (AvgIpc) is 2.17. The summed E-state index contributed by atoms with van der Waals surface area (Å²) in [4.78, 5) is 4.44. The molecule has 1 rings (SSSR count). The fraction of sp³-hybridized carbons (Fsp3) is 0.909. The van der Waals surface area contributed by atoms with E-state index in [-0.39, 0.29) is 0 Å². The minimum absolute atomic E-state index is 0.355. The molecule has 0 radical (unpaired) electrons. The molecule has 0 spiro atoms. The van der Waals surface area contributed by atoms with Gasteiger partial charge in [-0.1, -0.05) is 0 Å². The Morgan fingerprint density at radius 3 is 2.06 bits per heavy atom. The summed E-state index contributed by atoms with van der Waals surface area (Å²) in [5, 5.41) is 1.38. The second kappa shape index (κ2) is 5.01. The van der Waals surface area contributed by atoms with Gasteiger partial charge in [-0.25, -0.2) is 10.8 Å². The first-order valence-electron chi connectivity index (χ1n) is 5.93. The van der Waals surface area contributed by atoms with Crippen molar-refractivity contribution in [2.75, 3.05) is 28.2 Å². The van der Waals surface area contributed by atoms with Crippen LogP contribution in [0.2, 0.25) is 0 Å². The summed E-state index contributed by atoms with van der Waals surface area (Å²) in [5.74, 6) is 5.96. The summed E-state index contributed by atoms with van der Waals surface area (Å²) < 4.78 is 1.04. The fourth-order valence-electron chi connectivity index (χ4n) is 2.24. The summed E-state index contributed by atoms with van der Waals surface area (Å²) in [6, 6.07) is 1.11. The van der Waals surface area contributed by atoms with Crippen molar-refractivity contribution in [1.82, 2.24) is 5.01 Å². The molecule has 0 aromatic heterocycles. The van der Waals surface area contributed by atoms with Crippen molar-refractivity contribution in [2.45, 2.75) is 37.8 Å². The fourth-order valence-corrected chi connectivity index (χ4v) is 2.24. The van der Waals surface area contributed by atoms with Crippen molar-refractivity contribution in [3.05, 3.63) is 0 Å². The molecule has 1 aliphatic carbocycles. The Balaban J connectivity index is 2.47. The Morgan fingerprint density at radius 1 is 1.19 bits per heavy atom. The highest BCUT2D eigenvalue weighted by Crippen LogP contribution is 2.26. The van der Waals surface area contributed by atoms with Gasteiger partial charge in [0.15, 0.2) is 0 Å². The monoisotopic (exact) mass is 228 g/mol. The van der Waals surface area contributed by atoms with E-state index in [1.54, 1.807) is 7.05 Å². The maximum Gasteiger partial charge on any atom is 0.205 e. The molecule has 0 amide bonds. The van der Waals surface area contributed by atoms with Gasteiger partial charge in [-0.15, -0.1) is 0 Å². The zero-order valence-electron chi connectivity index (χ0n) is 11.0. The van der Waals surface area contributed by atoms with Gasteiger partial charge in [-0.3, -0.25) is 5.01 Å². The first-order valence-corrected chi connectivity index (χ1v) is 5.93. The lowest BCUT2D eigenvalue weighted by atomic mass is 9.90. The summed E-state index contributed by atoms with van der Waals surface area (Å²) >= 11 is 0. The second-order valence-corrected chi connectivity index (χ2v) is 5.68. The molecule has 1 aliphatic rings. The minimum Gasteiger partial charge on any atom is -0.369 e. The lowest BCUT2D eigenvalue weighted by Crippen LogP contribution is -2.47. The third kappa shape index (κ3) is 3.64. The predicted octanol–water partition coefficient (Wildman–Crippen LogP) is 0.124. The molecule has 0 unspecified atom stereocenters. The van der Waals surface area contributed by atoms with Gasteiger partial charge >= 0.3 is 0 Å². The van der Waals surface area contributed by atoms with E-state index in [4.69, 9.17) is 11.6 Å². The lowest BCUT2D eigenvalue weighted by Gasteiger charge is -2.38. The predicted molar refractivity (Wildman–Crippen MR) is 67.6 cm³/mol. The average molecular weight is 228 g/mol. The SMILES string of the molecule is CN(N)C(N)=NC1CCC([N+](C)(C)C)CC1. The molecule has 4 N–H and O–H groups in total. The molecule has 0 heterocycles. The van der Waals surface area contributed by atoms with Gasteiger partial charge in [-0.05, 0) is 12.8 Å². The van der Waals surface area contributed by atoms with Gasteiger partial charge in [0, 0.05) is 19.9 Å². The molecule has 1 saturated carbocycles. The largest absolute Gasteiger partial charge is 0.369 e. The number of aliphatic imine (C=N–C) groups is 1. The lowest BCUT2D eigenvalue weighted by molar-refractivity contribution is -0.897. The molecule has 5 heteroatoms. The molecule has 94 valence electrons. The first-order chi connectivity index (χ1) is 7.30. The summed E-state index contributed by atoms with van der Waals surface area (Å²) in [7, 11) is 8.50. The van der Waals surface area contributed by atoms with Crippen molar-refractivity contribution < 1.29 is 4.48 Å². The Hall–Kier alpha value is -0.810. The molecule has 0 saturated heterocycles. The molecule has 0 bridgehead atoms. The normalized spacial score (nSPS) is 27.9. The van der Waals surface area contributed by atoms with Crippen LogP contribution in [0.4, 0.5) is 0 Å². The molecule has 5 nitrogen and oxygen atoms in total. The number of hydrogen-bond acceptors (Lipinski definition) is 2. The van der Waals surface area contributed by atoms with E-state index < -0.39 is 0 Å². The Morgan fingerprint density at radius 2 is 1.69 bits per heavy atom. The van der Waals surface area contributed by atoms with Crippen molar-refractivity contribution >= 4 is 5.96 Å². The quantitative estimate of drug-likeness (QED) is 0.232. The van der Waals surface area contributed by atoms with Crippen LogP contribution in [0.5, 0.6) is 0 Å². The first kappa shape index (κ1) is 13.3. The standard InChI is InChI=1S/C11H26N5/c1-15(13)11(12)14-9-5-7-10(8-6-9)16(2,3)4/h9-10H,5-8,13H2,1-4H3,(H2,12,14)/q+1. The van der Waals surface area contributed by atoms with E-state index in [9.17, 15) is 0 Å². The van der Waals surface area contributed by atoms with Crippen LogP contribution in [0.15, 0.2) is 4.99 Å². The van der Waals surface area contributed by atoms with Gasteiger partial charge in [0.25, 0.3) is 0 Å². The van der Waals surface area contributed by atoms with E-state index in [2.05, 4.69) is 26.1 Å².